The first-order valence-electron chi connectivity index (χ1n) is 8.46. The molecule has 1 amide bonds. The van der Waals surface area contributed by atoms with Crippen molar-refractivity contribution in [2.75, 3.05) is 39.9 Å². The molecule has 0 saturated heterocycles. The summed E-state index contributed by atoms with van der Waals surface area (Å²) < 4.78 is 20.8. The summed E-state index contributed by atoms with van der Waals surface area (Å²) >= 11 is 0. The van der Waals surface area contributed by atoms with Gasteiger partial charge in [-0.15, -0.1) is 0 Å². The molecule has 2 aromatic rings. The molecule has 0 aliphatic carbocycles. The Kier molecular flexibility index (Phi) is 7.45. The molecular formula is C21H23NO6. The maximum atomic E-state index is 12.1. The Morgan fingerprint density at radius 2 is 1.57 bits per heavy atom. The second kappa shape index (κ2) is 10.0. The summed E-state index contributed by atoms with van der Waals surface area (Å²) in [5.41, 5.74) is 1.37. The number of anilines is 1. The van der Waals surface area contributed by atoms with Crippen LogP contribution in [0.4, 0.5) is 5.69 Å². The molecule has 0 heterocycles. The zero-order chi connectivity index (χ0) is 20.5. The molecule has 0 radical (unpaired) electrons. The van der Waals surface area contributed by atoms with Gasteiger partial charge in [0.15, 0.2) is 18.1 Å². The van der Waals surface area contributed by atoms with Crippen molar-refractivity contribution in [3.05, 3.63) is 54.1 Å². The predicted octanol–water partition coefficient (Wildman–Crippen LogP) is 2.93. The van der Waals surface area contributed by atoms with Crippen molar-refractivity contribution >= 4 is 23.6 Å². The molecule has 0 saturated carbocycles. The highest BCUT2D eigenvalue weighted by molar-refractivity contribution is 5.96. The number of carbonyl (C=O) groups is 2. The van der Waals surface area contributed by atoms with Crippen molar-refractivity contribution in [2.24, 2.45) is 0 Å². The van der Waals surface area contributed by atoms with Crippen LogP contribution in [0.25, 0.3) is 6.08 Å². The number of esters is 1. The molecule has 0 aliphatic rings. The number of nitrogens with zero attached hydrogens (tertiary/aromatic N) is 1. The molecule has 2 rings (SSSR count). The minimum atomic E-state index is -0.636. The van der Waals surface area contributed by atoms with Crippen molar-refractivity contribution in [2.45, 2.75) is 0 Å². The fourth-order valence-corrected chi connectivity index (χ4v) is 2.44. The van der Waals surface area contributed by atoms with Crippen molar-refractivity contribution in [1.29, 1.82) is 0 Å². The monoisotopic (exact) mass is 385 g/mol. The first-order valence-corrected chi connectivity index (χ1v) is 8.46. The SMILES string of the molecule is COc1cc(/C=C/C(=O)OCC(=O)N(C)c2ccccc2)cc(OC)c1OC. The summed E-state index contributed by atoms with van der Waals surface area (Å²) in [6.45, 7) is -0.357. The summed E-state index contributed by atoms with van der Waals surface area (Å²) in [6.07, 6.45) is 2.77. The highest BCUT2D eigenvalue weighted by atomic mass is 16.5. The van der Waals surface area contributed by atoms with Gasteiger partial charge in [-0.3, -0.25) is 4.79 Å². The Balaban J connectivity index is 1.99. The zero-order valence-corrected chi connectivity index (χ0v) is 16.3. The largest absolute Gasteiger partial charge is 0.493 e. The molecule has 2 aromatic carbocycles. The highest BCUT2D eigenvalue weighted by Gasteiger charge is 2.14. The van der Waals surface area contributed by atoms with Gasteiger partial charge >= 0.3 is 5.97 Å². The van der Waals surface area contributed by atoms with E-state index in [-0.39, 0.29) is 12.5 Å². The van der Waals surface area contributed by atoms with Crippen molar-refractivity contribution in [3.8, 4) is 17.2 Å². The number of hydrogen-bond donors (Lipinski definition) is 0. The van der Waals surface area contributed by atoms with Crippen LogP contribution in [0.15, 0.2) is 48.5 Å². The van der Waals surface area contributed by atoms with Gasteiger partial charge < -0.3 is 23.8 Å². The van der Waals surface area contributed by atoms with E-state index in [1.54, 1.807) is 31.3 Å². The number of benzene rings is 2. The third-order valence-corrected chi connectivity index (χ3v) is 3.95. The van der Waals surface area contributed by atoms with Gasteiger partial charge in [-0.2, -0.15) is 0 Å². The fraction of sp³-hybridized carbons (Fsp3) is 0.238. The molecule has 7 nitrogen and oxygen atoms in total. The van der Waals surface area contributed by atoms with Crippen LogP contribution in [-0.2, 0) is 14.3 Å². The zero-order valence-electron chi connectivity index (χ0n) is 16.3. The number of amides is 1. The summed E-state index contributed by atoms with van der Waals surface area (Å²) in [6, 6.07) is 12.5. The first kappa shape index (κ1) is 20.8. The van der Waals surface area contributed by atoms with Crippen LogP contribution in [0.2, 0.25) is 0 Å². The number of para-hydroxylation sites is 1. The minimum absolute atomic E-state index is 0.333. The third-order valence-electron chi connectivity index (χ3n) is 3.95. The van der Waals surface area contributed by atoms with Crippen molar-refractivity contribution < 1.29 is 28.5 Å². The fourth-order valence-electron chi connectivity index (χ4n) is 2.44. The lowest BCUT2D eigenvalue weighted by atomic mass is 10.1. The van der Waals surface area contributed by atoms with Gasteiger partial charge in [0.05, 0.1) is 21.3 Å². The third kappa shape index (κ3) is 5.26. The number of methoxy groups -OCH3 is 3. The number of likely N-dealkylation sites (N-methyl/N-ethyl adjacent to an activating group) is 1. The van der Waals surface area contributed by atoms with Crippen LogP contribution in [-0.4, -0.2) is 46.9 Å². The summed E-state index contributed by atoms with van der Waals surface area (Å²) in [7, 11) is 6.15. The Bertz CT molecular complexity index is 822. The lowest BCUT2D eigenvalue weighted by Gasteiger charge is -2.16. The van der Waals surface area contributed by atoms with Crippen LogP contribution < -0.4 is 19.1 Å². The van der Waals surface area contributed by atoms with E-state index in [4.69, 9.17) is 18.9 Å². The Morgan fingerprint density at radius 1 is 0.964 bits per heavy atom. The molecular weight excluding hydrogens is 362 g/mol. The Hall–Kier alpha value is -3.48. The van der Waals surface area contributed by atoms with E-state index in [0.29, 0.717) is 22.8 Å². The standard InChI is InChI=1S/C21H23NO6/c1-22(16-8-6-5-7-9-16)19(23)14-28-20(24)11-10-15-12-17(25-2)21(27-4)18(13-15)26-3/h5-13H,14H2,1-4H3/b11-10+. The molecule has 0 spiro atoms. The average Bonchev–Trinajstić information content (AvgIpc) is 2.74. The van der Waals surface area contributed by atoms with Gasteiger partial charge in [0, 0.05) is 18.8 Å². The number of ether oxygens (including phenoxy) is 4. The summed E-state index contributed by atoms with van der Waals surface area (Å²) in [5.74, 6) is 0.424. The Morgan fingerprint density at radius 3 is 2.11 bits per heavy atom. The summed E-state index contributed by atoms with van der Waals surface area (Å²) in [4.78, 5) is 25.5. The number of rotatable bonds is 8. The predicted molar refractivity (Wildman–Crippen MR) is 106 cm³/mol. The van der Waals surface area contributed by atoms with E-state index < -0.39 is 5.97 Å². The molecule has 0 unspecified atom stereocenters. The second-order valence-corrected chi connectivity index (χ2v) is 5.69. The van der Waals surface area contributed by atoms with Crippen molar-refractivity contribution in [1.82, 2.24) is 0 Å². The quantitative estimate of drug-likeness (QED) is 0.514. The van der Waals surface area contributed by atoms with Crippen LogP contribution in [0, 0.1) is 0 Å². The maximum Gasteiger partial charge on any atom is 0.331 e. The van der Waals surface area contributed by atoms with E-state index in [1.807, 2.05) is 18.2 Å². The summed E-state index contributed by atoms with van der Waals surface area (Å²) in [5, 5.41) is 0. The molecule has 0 fully saturated rings. The van der Waals surface area contributed by atoms with Crippen LogP contribution >= 0.6 is 0 Å². The molecule has 28 heavy (non-hydrogen) atoms. The van der Waals surface area contributed by atoms with E-state index >= 15 is 0 Å². The van der Waals surface area contributed by atoms with Gasteiger partial charge in [-0.05, 0) is 35.9 Å². The van der Waals surface area contributed by atoms with Gasteiger partial charge in [-0.1, -0.05) is 18.2 Å². The van der Waals surface area contributed by atoms with E-state index in [0.717, 1.165) is 5.69 Å². The number of carbonyl (C=O) groups excluding carboxylic acids is 2. The number of hydrogen-bond acceptors (Lipinski definition) is 6. The second-order valence-electron chi connectivity index (χ2n) is 5.69. The van der Waals surface area contributed by atoms with Crippen molar-refractivity contribution in [3.63, 3.8) is 0 Å². The van der Waals surface area contributed by atoms with Gasteiger partial charge in [0.2, 0.25) is 5.75 Å². The van der Waals surface area contributed by atoms with Gasteiger partial charge in [0.1, 0.15) is 0 Å². The van der Waals surface area contributed by atoms with Gasteiger partial charge in [-0.25, -0.2) is 4.79 Å². The van der Waals surface area contributed by atoms with Crippen LogP contribution in [0.3, 0.4) is 0 Å². The topological polar surface area (TPSA) is 74.3 Å². The molecule has 0 aromatic heterocycles. The lowest BCUT2D eigenvalue weighted by molar-refractivity contribution is -0.142. The van der Waals surface area contributed by atoms with E-state index in [9.17, 15) is 9.59 Å². The molecule has 0 N–H and O–H groups in total. The minimum Gasteiger partial charge on any atom is -0.493 e. The smallest absolute Gasteiger partial charge is 0.331 e. The van der Waals surface area contributed by atoms with E-state index in [1.165, 1.54) is 38.4 Å². The average molecular weight is 385 g/mol. The lowest BCUT2D eigenvalue weighted by Crippen LogP contribution is -2.30. The first-order chi connectivity index (χ1) is 13.5. The van der Waals surface area contributed by atoms with Crippen LogP contribution in [0.1, 0.15) is 5.56 Å². The van der Waals surface area contributed by atoms with Gasteiger partial charge in [0.25, 0.3) is 5.91 Å². The highest BCUT2D eigenvalue weighted by Crippen LogP contribution is 2.38. The normalized spacial score (nSPS) is 10.4. The molecule has 148 valence electrons. The van der Waals surface area contributed by atoms with E-state index in [2.05, 4.69) is 0 Å². The van der Waals surface area contributed by atoms with Crippen LogP contribution in [0.5, 0.6) is 17.2 Å². The Labute approximate surface area is 164 Å². The molecule has 0 aliphatic heterocycles. The molecule has 0 atom stereocenters. The maximum absolute atomic E-state index is 12.1. The molecule has 0 bridgehead atoms. The molecule has 7 heteroatoms.